The first-order valence-corrected chi connectivity index (χ1v) is 7.29. The molecule has 0 amide bonds. The van der Waals surface area contributed by atoms with Gasteiger partial charge in [-0.25, -0.2) is 4.39 Å². The summed E-state index contributed by atoms with van der Waals surface area (Å²) < 4.78 is 19.4. The minimum Gasteiger partial charge on any atom is -0.491 e. The highest BCUT2D eigenvalue weighted by atomic mass is 35.5. The maximum absolute atomic E-state index is 13.8. The first-order valence-electron chi connectivity index (χ1n) is 6.92. The summed E-state index contributed by atoms with van der Waals surface area (Å²) in [6.45, 7) is 3.93. The Labute approximate surface area is 129 Å². The second-order valence-electron chi connectivity index (χ2n) is 5.29. The van der Waals surface area contributed by atoms with Crippen molar-refractivity contribution < 1.29 is 9.13 Å². The summed E-state index contributed by atoms with van der Waals surface area (Å²) in [6, 6.07) is 11.8. The zero-order chi connectivity index (χ0) is 15.4. The molecule has 2 aromatic carbocycles. The van der Waals surface area contributed by atoms with Crippen molar-refractivity contribution in [2.45, 2.75) is 32.4 Å². The van der Waals surface area contributed by atoms with E-state index in [-0.39, 0.29) is 18.0 Å². The summed E-state index contributed by atoms with van der Waals surface area (Å²) in [5.41, 5.74) is 7.61. The van der Waals surface area contributed by atoms with Crippen LogP contribution in [-0.4, -0.2) is 6.10 Å². The molecule has 4 heteroatoms. The molecular weight excluding hydrogens is 289 g/mol. The van der Waals surface area contributed by atoms with Gasteiger partial charge in [0.2, 0.25) is 0 Å². The second kappa shape index (κ2) is 6.92. The molecule has 0 aliphatic rings. The minimum atomic E-state index is -0.311. The standard InChI is InChI=1S/C17H19ClFNO/c1-11(2)21-15-5-3-4-12(9-15)17(20)10-13-8-14(18)6-7-16(13)19/h3-9,11,17H,10,20H2,1-2H3. The number of halogens is 2. The summed E-state index contributed by atoms with van der Waals surface area (Å²) in [5, 5.41) is 0.510. The molecule has 2 nitrogen and oxygen atoms in total. The van der Waals surface area contributed by atoms with Crippen LogP contribution in [0.3, 0.4) is 0 Å². The van der Waals surface area contributed by atoms with E-state index in [1.807, 2.05) is 38.1 Å². The number of rotatable bonds is 5. The van der Waals surface area contributed by atoms with Crippen molar-refractivity contribution in [1.82, 2.24) is 0 Å². The summed E-state index contributed by atoms with van der Waals surface area (Å²) in [7, 11) is 0. The third-order valence-corrected chi connectivity index (χ3v) is 3.34. The van der Waals surface area contributed by atoms with Gasteiger partial charge in [0.25, 0.3) is 0 Å². The number of benzene rings is 2. The van der Waals surface area contributed by atoms with Gasteiger partial charge in [-0.3, -0.25) is 0 Å². The molecule has 0 aliphatic heterocycles. The molecule has 0 spiro atoms. The lowest BCUT2D eigenvalue weighted by Gasteiger charge is -2.15. The molecule has 1 unspecified atom stereocenters. The van der Waals surface area contributed by atoms with Crippen LogP contribution in [0.5, 0.6) is 5.75 Å². The minimum absolute atomic E-state index is 0.0989. The zero-order valence-electron chi connectivity index (χ0n) is 12.1. The quantitative estimate of drug-likeness (QED) is 0.882. The molecule has 0 saturated carbocycles. The van der Waals surface area contributed by atoms with E-state index in [0.29, 0.717) is 17.0 Å². The van der Waals surface area contributed by atoms with Crippen LogP contribution in [0.15, 0.2) is 42.5 Å². The number of nitrogens with two attached hydrogens (primary N) is 1. The molecule has 112 valence electrons. The molecule has 0 fully saturated rings. The number of hydrogen-bond donors (Lipinski definition) is 1. The second-order valence-corrected chi connectivity index (χ2v) is 5.72. The highest BCUT2D eigenvalue weighted by Gasteiger charge is 2.12. The summed E-state index contributed by atoms with van der Waals surface area (Å²) in [6.07, 6.45) is 0.485. The smallest absolute Gasteiger partial charge is 0.126 e. The van der Waals surface area contributed by atoms with Gasteiger partial charge in [0, 0.05) is 11.1 Å². The molecule has 0 saturated heterocycles. The van der Waals surface area contributed by atoms with Crippen molar-refractivity contribution >= 4 is 11.6 Å². The number of ether oxygens (including phenoxy) is 1. The Morgan fingerprint density at radius 1 is 1.19 bits per heavy atom. The Morgan fingerprint density at radius 2 is 1.95 bits per heavy atom. The number of hydrogen-bond acceptors (Lipinski definition) is 2. The Hall–Kier alpha value is -1.58. The molecule has 21 heavy (non-hydrogen) atoms. The van der Waals surface area contributed by atoms with Gasteiger partial charge in [-0.2, -0.15) is 0 Å². The van der Waals surface area contributed by atoms with Crippen molar-refractivity contribution in [1.29, 1.82) is 0 Å². The van der Waals surface area contributed by atoms with Gasteiger partial charge in [0.05, 0.1) is 6.10 Å². The monoisotopic (exact) mass is 307 g/mol. The van der Waals surface area contributed by atoms with Gasteiger partial charge in [0.15, 0.2) is 0 Å². The van der Waals surface area contributed by atoms with Gasteiger partial charge in [-0.15, -0.1) is 0 Å². The van der Waals surface area contributed by atoms with E-state index in [1.165, 1.54) is 12.1 Å². The summed E-state index contributed by atoms with van der Waals surface area (Å²) >= 11 is 5.90. The van der Waals surface area contributed by atoms with E-state index in [9.17, 15) is 4.39 Å². The third-order valence-electron chi connectivity index (χ3n) is 3.11. The Bertz CT molecular complexity index is 615. The van der Waals surface area contributed by atoms with Crippen molar-refractivity contribution in [2.24, 2.45) is 5.73 Å². The Balaban J connectivity index is 2.16. The van der Waals surface area contributed by atoms with Crippen LogP contribution in [0.25, 0.3) is 0 Å². The highest BCUT2D eigenvalue weighted by molar-refractivity contribution is 6.30. The normalized spacial score (nSPS) is 12.5. The first-order chi connectivity index (χ1) is 9.95. The van der Waals surface area contributed by atoms with Crippen LogP contribution < -0.4 is 10.5 Å². The largest absolute Gasteiger partial charge is 0.491 e. The lowest BCUT2D eigenvalue weighted by Crippen LogP contribution is -2.14. The van der Waals surface area contributed by atoms with Crippen LogP contribution in [0.4, 0.5) is 4.39 Å². The Kier molecular flexibility index (Phi) is 5.21. The van der Waals surface area contributed by atoms with Gasteiger partial charge >= 0.3 is 0 Å². The van der Waals surface area contributed by atoms with Crippen LogP contribution in [-0.2, 0) is 6.42 Å². The molecular formula is C17H19ClFNO. The van der Waals surface area contributed by atoms with E-state index < -0.39 is 0 Å². The molecule has 1 atom stereocenters. The van der Waals surface area contributed by atoms with Gasteiger partial charge in [-0.1, -0.05) is 23.7 Å². The average Bonchev–Trinajstić information content (AvgIpc) is 2.42. The first kappa shape index (κ1) is 15.8. The van der Waals surface area contributed by atoms with Gasteiger partial charge in [0.1, 0.15) is 11.6 Å². The molecule has 0 radical (unpaired) electrons. The van der Waals surface area contributed by atoms with E-state index >= 15 is 0 Å². The molecule has 2 N–H and O–H groups in total. The SMILES string of the molecule is CC(C)Oc1cccc(C(N)Cc2cc(Cl)ccc2F)c1. The molecule has 2 aromatic rings. The lowest BCUT2D eigenvalue weighted by molar-refractivity contribution is 0.242. The van der Waals surface area contributed by atoms with Crippen molar-refractivity contribution in [3.8, 4) is 5.75 Å². The fraction of sp³-hybridized carbons (Fsp3) is 0.294. The van der Waals surface area contributed by atoms with Crippen molar-refractivity contribution in [2.75, 3.05) is 0 Å². The van der Waals surface area contributed by atoms with Gasteiger partial charge in [-0.05, 0) is 61.7 Å². The fourth-order valence-electron chi connectivity index (χ4n) is 2.15. The van der Waals surface area contributed by atoms with E-state index in [0.717, 1.165) is 11.3 Å². The topological polar surface area (TPSA) is 35.2 Å². The molecule has 0 aliphatic carbocycles. The van der Waals surface area contributed by atoms with Gasteiger partial charge < -0.3 is 10.5 Å². The molecule has 2 rings (SSSR count). The van der Waals surface area contributed by atoms with Crippen LogP contribution in [0.1, 0.15) is 31.0 Å². The van der Waals surface area contributed by atoms with Crippen LogP contribution in [0.2, 0.25) is 5.02 Å². The summed E-state index contributed by atoms with van der Waals surface area (Å²) in [5.74, 6) is 0.481. The van der Waals surface area contributed by atoms with E-state index in [4.69, 9.17) is 22.1 Å². The molecule has 0 bridgehead atoms. The maximum Gasteiger partial charge on any atom is 0.126 e. The highest BCUT2D eigenvalue weighted by Crippen LogP contribution is 2.24. The Morgan fingerprint density at radius 3 is 2.67 bits per heavy atom. The van der Waals surface area contributed by atoms with E-state index in [1.54, 1.807) is 6.07 Å². The lowest BCUT2D eigenvalue weighted by atomic mass is 9.99. The predicted molar refractivity (Wildman–Crippen MR) is 84.2 cm³/mol. The molecule has 0 aromatic heterocycles. The van der Waals surface area contributed by atoms with Crippen LogP contribution >= 0.6 is 11.6 Å². The molecule has 0 heterocycles. The van der Waals surface area contributed by atoms with Crippen molar-refractivity contribution in [3.05, 3.63) is 64.4 Å². The maximum atomic E-state index is 13.8. The predicted octanol–water partition coefficient (Wildman–Crippen LogP) is 4.51. The van der Waals surface area contributed by atoms with Crippen molar-refractivity contribution in [3.63, 3.8) is 0 Å². The average molecular weight is 308 g/mol. The fourth-order valence-corrected chi connectivity index (χ4v) is 2.34. The van der Waals surface area contributed by atoms with E-state index in [2.05, 4.69) is 0 Å². The zero-order valence-corrected chi connectivity index (χ0v) is 12.9. The van der Waals surface area contributed by atoms with Crippen LogP contribution in [0, 0.1) is 5.82 Å². The third kappa shape index (κ3) is 4.45. The summed E-state index contributed by atoms with van der Waals surface area (Å²) in [4.78, 5) is 0.